The Kier molecular flexibility index (Phi) is 4.68. The summed E-state index contributed by atoms with van der Waals surface area (Å²) in [6, 6.07) is 13.8. The number of carbonyl (C=O) groups is 1. The fourth-order valence-corrected chi connectivity index (χ4v) is 4.33. The Hall–Kier alpha value is -3.28. The Morgan fingerprint density at radius 2 is 1.79 bits per heavy atom. The van der Waals surface area contributed by atoms with E-state index in [-0.39, 0.29) is 23.7 Å². The number of rotatable bonds is 4. The van der Waals surface area contributed by atoms with Gasteiger partial charge in [-0.25, -0.2) is 0 Å². The summed E-state index contributed by atoms with van der Waals surface area (Å²) < 4.78 is 5.68. The van der Waals surface area contributed by atoms with Crippen molar-refractivity contribution in [3.63, 3.8) is 0 Å². The number of amides is 1. The number of allylic oxidation sites excluding steroid dienone is 2. The molecule has 0 unspecified atom stereocenters. The summed E-state index contributed by atoms with van der Waals surface area (Å²) in [4.78, 5) is 24.0. The lowest BCUT2D eigenvalue weighted by atomic mass is 9.90. The van der Waals surface area contributed by atoms with Crippen LogP contribution >= 0.6 is 0 Å². The van der Waals surface area contributed by atoms with Crippen molar-refractivity contribution in [1.82, 2.24) is 20.0 Å². The molecule has 1 aromatic carbocycles. The maximum absolute atomic E-state index is 13.0. The van der Waals surface area contributed by atoms with Gasteiger partial charge in [0.25, 0.3) is 0 Å². The molecule has 2 aromatic heterocycles. The molecule has 0 N–H and O–H groups in total. The highest BCUT2D eigenvalue weighted by Crippen LogP contribution is 2.40. The van der Waals surface area contributed by atoms with Crippen LogP contribution in [0.5, 0.6) is 0 Å². The molecule has 1 aliphatic heterocycles. The molecule has 5 rings (SSSR count). The Balaban J connectivity index is 1.44. The van der Waals surface area contributed by atoms with Crippen molar-refractivity contribution in [1.29, 1.82) is 0 Å². The molecule has 1 saturated heterocycles. The zero-order valence-corrected chi connectivity index (χ0v) is 16.0. The van der Waals surface area contributed by atoms with Crippen LogP contribution in [0.15, 0.2) is 71.5 Å². The normalized spacial score (nSPS) is 21.7. The molecule has 0 saturated carbocycles. The smallest absolute Gasteiger partial charge is 0.232 e. The molecule has 0 radical (unpaired) electrons. The first-order chi connectivity index (χ1) is 14.3. The largest absolute Gasteiger partial charge is 0.341 e. The van der Waals surface area contributed by atoms with E-state index in [1.807, 2.05) is 47.5 Å². The van der Waals surface area contributed by atoms with Crippen LogP contribution in [0.25, 0.3) is 11.4 Å². The first kappa shape index (κ1) is 17.8. The van der Waals surface area contributed by atoms with Crippen molar-refractivity contribution in [3.05, 3.63) is 78.5 Å². The van der Waals surface area contributed by atoms with Crippen molar-refractivity contribution in [2.24, 2.45) is 5.92 Å². The molecular formula is C23H22N4O2. The summed E-state index contributed by atoms with van der Waals surface area (Å²) >= 11 is 0. The number of hydrogen-bond donors (Lipinski definition) is 0. The Morgan fingerprint density at radius 1 is 1.00 bits per heavy atom. The highest BCUT2D eigenvalue weighted by molar-refractivity contribution is 5.80. The van der Waals surface area contributed by atoms with E-state index in [0.29, 0.717) is 24.8 Å². The van der Waals surface area contributed by atoms with E-state index in [2.05, 4.69) is 33.3 Å². The molecule has 3 heterocycles. The number of carbonyl (C=O) groups excluding carboxylic acids is 1. The second-order valence-corrected chi connectivity index (χ2v) is 7.70. The van der Waals surface area contributed by atoms with Gasteiger partial charge in [-0.15, -0.1) is 0 Å². The minimum atomic E-state index is -0.0394. The summed E-state index contributed by atoms with van der Waals surface area (Å²) in [7, 11) is 0. The van der Waals surface area contributed by atoms with Crippen molar-refractivity contribution < 1.29 is 9.32 Å². The minimum absolute atomic E-state index is 0.0394. The monoisotopic (exact) mass is 386 g/mol. The number of nitrogens with zero attached hydrogens (tertiary/aromatic N) is 4. The van der Waals surface area contributed by atoms with Crippen LogP contribution in [0.3, 0.4) is 0 Å². The third-order valence-corrected chi connectivity index (χ3v) is 5.89. The Morgan fingerprint density at radius 3 is 2.55 bits per heavy atom. The number of aromatic nitrogens is 3. The summed E-state index contributed by atoms with van der Waals surface area (Å²) in [5.41, 5.74) is 2.01. The Labute approximate surface area is 169 Å². The maximum atomic E-state index is 13.0. The zero-order valence-electron chi connectivity index (χ0n) is 16.0. The molecule has 6 heteroatoms. The topological polar surface area (TPSA) is 72.1 Å². The van der Waals surface area contributed by atoms with Crippen LogP contribution in [-0.4, -0.2) is 39.0 Å². The van der Waals surface area contributed by atoms with Gasteiger partial charge in [0.05, 0.1) is 5.92 Å². The van der Waals surface area contributed by atoms with Crippen LogP contribution in [0.4, 0.5) is 0 Å². The van der Waals surface area contributed by atoms with E-state index in [0.717, 1.165) is 24.0 Å². The van der Waals surface area contributed by atoms with Gasteiger partial charge in [-0.1, -0.05) is 53.7 Å². The van der Waals surface area contributed by atoms with Gasteiger partial charge in [0.2, 0.25) is 17.6 Å². The van der Waals surface area contributed by atoms with Gasteiger partial charge in [-0.05, 0) is 24.5 Å². The number of hydrogen-bond acceptors (Lipinski definition) is 5. The van der Waals surface area contributed by atoms with Crippen LogP contribution in [0.1, 0.15) is 36.1 Å². The van der Waals surface area contributed by atoms with Gasteiger partial charge in [0, 0.05) is 42.9 Å². The summed E-state index contributed by atoms with van der Waals surface area (Å²) in [5, 5.41) is 4.19. The predicted molar refractivity (Wildman–Crippen MR) is 108 cm³/mol. The molecule has 3 aromatic rings. The van der Waals surface area contributed by atoms with E-state index in [1.165, 1.54) is 0 Å². The summed E-state index contributed by atoms with van der Waals surface area (Å²) in [6.45, 7) is 1.24. The van der Waals surface area contributed by atoms with E-state index >= 15 is 0 Å². The average Bonchev–Trinajstić information content (AvgIpc) is 3.55. The molecule has 0 bridgehead atoms. The minimum Gasteiger partial charge on any atom is -0.341 e. The molecule has 1 fully saturated rings. The molecule has 0 spiro atoms. The molecular weight excluding hydrogens is 364 g/mol. The van der Waals surface area contributed by atoms with E-state index in [1.54, 1.807) is 6.20 Å². The van der Waals surface area contributed by atoms with E-state index in [9.17, 15) is 4.79 Å². The number of benzene rings is 1. The van der Waals surface area contributed by atoms with Crippen LogP contribution in [0, 0.1) is 5.92 Å². The van der Waals surface area contributed by atoms with Crippen molar-refractivity contribution in [3.8, 4) is 11.4 Å². The molecule has 146 valence electrons. The van der Waals surface area contributed by atoms with Crippen LogP contribution in [0.2, 0.25) is 0 Å². The van der Waals surface area contributed by atoms with Crippen molar-refractivity contribution in [2.75, 3.05) is 13.1 Å². The first-order valence-electron chi connectivity index (χ1n) is 10.0. The van der Waals surface area contributed by atoms with Gasteiger partial charge in [0.1, 0.15) is 0 Å². The molecule has 6 nitrogen and oxygen atoms in total. The quantitative estimate of drug-likeness (QED) is 0.638. The fourth-order valence-electron chi connectivity index (χ4n) is 4.33. The lowest BCUT2D eigenvalue weighted by Crippen LogP contribution is -2.33. The molecule has 29 heavy (non-hydrogen) atoms. The van der Waals surface area contributed by atoms with Gasteiger partial charge in [-0.2, -0.15) is 4.98 Å². The molecule has 2 atom stereocenters. The maximum Gasteiger partial charge on any atom is 0.232 e. The summed E-state index contributed by atoms with van der Waals surface area (Å²) in [5.74, 6) is 1.49. The molecule has 1 aliphatic carbocycles. The summed E-state index contributed by atoms with van der Waals surface area (Å²) in [6.07, 6.45) is 9.49. The molecule has 2 aliphatic rings. The predicted octanol–water partition coefficient (Wildman–Crippen LogP) is 3.81. The van der Waals surface area contributed by atoms with E-state index < -0.39 is 0 Å². The standard InChI is InChI=1S/C23H22N4O2/c28-23(17-9-4-5-10-17)27-14-19(18-11-6-12-24-13-18)20(15-27)22-25-21(26-29-22)16-7-2-1-3-8-16/h1-8,11-13,17,19-20H,9-10,14-15H2/t19-,20+/m0/s1. The van der Waals surface area contributed by atoms with Gasteiger partial charge in [-0.3, -0.25) is 9.78 Å². The highest BCUT2D eigenvalue weighted by atomic mass is 16.5. The SMILES string of the molecule is O=C(C1CC=CC1)N1C[C@@H](c2cccnc2)[C@H](c2nc(-c3ccccc3)no2)C1. The third-order valence-electron chi connectivity index (χ3n) is 5.89. The van der Waals surface area contributed by atoms with E-state index in [4.69, 9.17) is 4.52 Å². The van der Waals surface area contributed by atoms with Gasteiger partial charge < -0.3 is 9.42 Å². The van der Waals surface area contributed by atoms with Crippen LogP contribution in [-0.2, 0) is 4.79 Å². The molecule has 1 amide bonds. The Bertz CT molecular complexity index is 1010. The average molecular weight is 386 g/mol. The zero-order chi connectivity index (χ0) is 19.6. The van der Waals surface area contributed by atoms with Gasteiger partial charge in [0.15, 0.2) is 0 Å². The lowest BCUT2D eigenvalue weighted by molar-refractivity contribution is -0.134. The number of likely N-dealkylation sites (tertiary alicyclic amines) is 1. The number of pyridine rings is 1. The second kappa shape index (κ2) is 7.62. The third kappa shape index (κ3) is 3.46. The second-order valence-electron chi connectivity index (χ2n) is 7.70. The van der Waals surface area contributed by atoms with Gasteiger partial charge >= 0.3 is 0 Å². The lowest BCUT2D eigenvalue weighted by Gasteiger charge is -2.20. The first-order valence-corrected chi connectivity index (χ1v) is 10.0. The van der Waals surface area contributed by atoms with Crippen LogP contribution < -0.4 is 0 Å². The van der Waals surface area contributed by atoms with Crippen molar-refractivity contribution in [2.45, 2.75) is 24.7 Å². The highest BCUT2D eigenvalue weighted by Gasteiger charge is 2.41. The van der Waals surface area contributed by atoms with Crippen molar-refractivity contribution >= 4 is 5.91 Å². The fraction of sp³-hybridized carbons (Fsp3) is 0.304.